The van der Waals surface area contributed by atoms with Gasteiger partial charge in [0.15, 0.2) is 0 Å². The zero-order valence-corrected chi connectivity index (χ0v) is 12.2. The Balaban J connectivity index is 2.68. The standard InChI is InChI=1S/C10H13BrN4O2S/c1-2-17-10(16)9(13-5-6-14-15-12)7-3-4-8(11)18-7/h3-4,9,13H,2,5-6H2,1H3. The van der Waals surface area contributed by atoms with Gasteiger partial charge in [0.1, 0.15) is 6.04 Å². The van der Waals surface area contributed by atoms with Crippen molar-refractivity contribution in [1.29, 1.82) is 0 Å². The van der Waals surface area contributed by atoms with Gasteiger partial charge >= 0.3 is 5.97 Å². The molecule has 0 aliphatic rings. The summed E-state index contributed by atoms with van der Waals surface area (Å²) in [7, 11) is 0. The van der Waals surface area contributed by atoms with Crippen LogP contribution in [0.4, 0.5) is 0 Å². The molecule has 6 nitrogen and oxygen atoms in total. The molecule has 1 atom stereocenters. The van der Waals surface area contributed by atoms with E-state index in [4.69, 9.17) is 10.3 Å². The van der Waals surface area contributed by atoms with Crippen molar-refractivity contribution < 1.29 is 9.53 Å². The normalized spacial score (nSPS) is 11.7. The molecule has 0 fully saturated rings. The molecule has 0 saturated carbocycles. The highest BCUT2D eigenvalue weighted by atomic mass is 79.9. The fourth-order valence-electron chi connectivity index (χ4n) is 1.31. The van der Waals surface area contributed by atoms with E-state index in [-0.39, 0.29) is 5.97 Å². The van der Waals surface area contributed by atoms with Crippen molar-refractivity contribution in [2.75, 3.05) is 19.7 Å². The topological polar surface area (TPSA) is 87.1 Å². The molecule has 0 radical (unpaired) electrons. The number of nitrogens with zero attached hydrogens (tertiary/aromatic N) is 3. The van der Waals surface area contributed by atoms with Crippen molar-refractivity contribution in [2.24, 2.45) is 5.11 Å². The number of nitrogens with one attached hydrogen (secondary N) is 1. The van der Waals surface area contributed by atoms with Gasteiger partial charge in [-0.3, -0.25) is 5.32 Å². The van der Waals surface area contributed by atoms with Crippen molar-refractivity contribution in [2.45, 2.75) is 13.0 Å². The largest absolute Gasteiger partial charge is 0.465 e. The third-order valence-electron chi connectivity index (χ3n) is 2.02. The van der Waals surface area contributed by atoms with Crippen LogP contribution in [-0.2, 0) is 9.53 Å². The minimum Gasteiger partial charge on any atom is -0.465 e. The molecule has 0 aliphatic heterocycles. The summed E-state index contributed by atoms with van der Waals surface area (Å²) in [5.74, 6) is -0.326. The van der Waals surface area contributed by atoms with Crippen molar-refractivity contribution >= 4 is 33.2 Å². The van der Waals surface area contributed by atoms with E-state index >= 15 is 0 Å². The Morgan fingerprint density at radius 1 is 1.72 bits per heavy atom. The van der Waals surface area contributed by atoms with Gasteiger partial charge in [0.25, 0.3) is 0 Å². The number of azide groups is 1. The highest BCUT2D eigenvalue weighted by Crippen LogP contribution is 2.28. The second-order valence-electron chi connectivity index (χ2n) is 3.24. The molecule has 0 aliphatic carbocycles. The Morgan fingerprint density at radius 3 is 3.06 bits per heavy atom. The molecule has 1 N–H and O–H groups in total. The van der Waals surface area contributed by atoms with E-state index in [9.17, 15) is 4.79 Å². The molecule has 1 rings (SSSR count). The molecule has 1 aromatic rings. The van der Waals surface area contributed by atoms with E-state index in [1.54, 1.807) is 6.92 Å². The fraction of sp³-hybridized carbons (Fsp3) is 0.500. The second kappa shape index (κ2) is 8.10. The number of carbonyl (C=O) groups is 1. The SMILES string of the molecule is CCOC(=O)C(NCCN=[N+]=[N-])c1ccc(Br)s1. The van der Waals surface area contributed by atoms with Gasteiger partial charge in [-0.2, -0.15) is 0 Å². The summed E-state index contributed by atoms with van der Waals surface area (Å²) >= 11 is 4.82. The minimum atomic E-state index is -0.518. The van der Waals surface area contributed by atoms with Crippen LogP contribution in [0.5, 0.6) is 0 Å². The minimum absolute atomic E-state index is 0.291. The molecule has 0 spiro atoms. The lowest BCUT2D eigenvalue weighted by atomic mass is 10.2. The van der Waals surface area contributed by atoms with Crippen molar-refractivity contribution in [3.8, 4) is 0 Å². The van der Waals surface area contributed by atoms with Crippen LogP contribution in [0.1, 0.15) is 17.8 Å². The summed E-state index contributed by atoms with van der Waals surface area (Å²) in [4.78, 5) is 15.3. The number of hydrogen-bond acceptors (Lipinski definition) is 5. The first-order valence-corrected chi connectivity index (χ1v) is 6.96. The first-order valence-electron chi connectivity index (χ1n) is 5.35. The third kappa shape index (κ3) is 4.66. The molecule has 0 saturated heterocycles. The summed E-state index contributed by atoms with van der Waals surface area (Å²) in [5, 5.41) is 6.43. The quantitative estimate of drug-likeness (QED) is 0.273. The third-order valence-corrected chi connectivity index (χ3v) is 3.71. The Bertz CT molecular complexity index is 445. The number of carbonyl (C=O) groups excluding carboxylic acids is 1. The lowest BCUT2D eigenvalue weighted by Gasteiger charge is -2.15. The first kappa shape index (κ1) is 15.0. The summed E-state index contributed by atoms with van der Waals surface area (Å²) in [6.45, 7) is 2.81. The van der Waals surface area contributed by atoms with E-state index in [0.29, 0.717) is 19.7 Å². The van der Waals surface area contributed by atoms with Crippen LogP contribution in [0, 0.1) is 0 Å². The number of halogens is 1. The van der Waals surface area contributed by atoms with Crippen LogP contribution in [0.2, 0.25) is 0 Å². The summed E-state index contributed by atoms with van der Waals surface area (Å²) in [6, 6.07) is 3.22. The molecule has 1 unspecified atom stereocenters. The van der Waals surface area contributed by atoms with E-state index in [2.05, 4.69) is 31.3 Å². The summed E-state index contributed by atoms with van der Waals surface area (Å²) < 4.78 is 5.96. The second-order valence-corrected chi connectivity index (χ2v) is 5.73. The average Bonchev–Trinajstić information content (AvgIpc) is 2.76. The van der Waals surface area contributed by atoms with Gasteiger partial charge in [0.05, 0.1) is 10.4 Å². The van der Waals surface area contributed by atoms with Crippen LogP contribution in [0.25, 0.3) is 10.4 Å². The lowest BCUT2D eigenvalue weighted by Crippen LogP contribution is -2.31. The number of rotatable bonds is 7. The van der Waals surface area contributed by atoms with E-state index < -0.39 is 6.04 Å². The van der Waals surface area contributed by atoms with Crippen LogP contribution < -0.4 is 5.32 Å². The van der Waals surface area contributed by atoms with Crippen LogP contribution in [0.15, 0.2) is 21.0 Å². The maximum absolute atomic E-state index is 11.8. The molecule has 98 valence electrons. The Kier molecular flexibility index (Phi) is 6.74. The molecule has 8 heteroatoms. The number of hydrogen-bond donors (Lipinski definition) is 1. The molecule has 1 aromatic heterocycles. The van der Waals surface area contributed by atoms with Gasteiger partial charge in [0, 0.05) is 22.9 Å². The highest BCUT2D eigenvalue weighted by Gasteiger charge is 2.22. The number of thiophene rings is 1. The number of ether oxygens (including phenoxy) is 1. The van der Waals surface area contributed by atoms with E-state index in [0.717, 1.165) is 8.66 Å². The summed E-state index contributed by atoms with van der Waals surface area (Å²) in [5.41, 5.74) is 8.18. The van der Waals surface area contributed by atoms with Gasteiger partial charge in [-0.1, -0.05) is 5.11 Å². The van der Waals surface area contributed by atoms with Gasteiger partial charge < -0.3 is 4.74 Å². The Labute approximate surface area is 117 Å². The first-order chi connectivity index (χ1) is 8.69. The van der Waals surface area contributed by atoms with Crippen molar-refractivity contribution in [3.05, 3.63) is 31.2 Å². The van der Waals surface area contributed by atoms with E-state index in [1.165, 1.54) is 11.3 Å². The maximum Gasteiger partial charge on any atom is 0.328 e. The highest BCUT2D eigenvalue weighted by molar-refractivity contribution is 9.11. The Hall–Kier alpha value is -1.08. The van der Waals surface area contributed by atoms with Crippen molar-refractivity contribution in [3.63, 3.8) is 0 Å². The van der Waals surface area contributed by atoms with E-state index in [1.807, 2.05) is 12.1 Å². The van der Waals surface area contributed by atoms with Crippen LogP contribution in [-0.4, -0.2) is 25.7 Å². The molecular formula is C10H13BrN4O2S. The van der Waals surface area contributed by atoms with Crippen LogP contribution >= 0.6 is 27.3 Å². The summed E-state index contributed by atoms with van der Waals surface area (Å²) in [6.07, 6.45) is 0. The monoisotopic (exact) mass is 332 g/mol. The van der Waals surface area contributed by atoms with Crippen LogP contribution in [0.3, 0.4) is 0 Å². The van der Waals surface area contributed by atoms with Gasteiger partial charge in [-0.25, -0.2) is 4.79 Å². The number of esters is 1. The average molecular weight is 333 g/mol. The Morgan fingerprint density at radius 2 is 2.50 bits per heavy atom. The molecular weight excluding hydrogens is 320 g/mol. The maximum atomic E-state index is 11.8. The zero-order valence-electron chi connectivity index (χ0n) is 9.80. The lowest BCUT2D eigenvalue weighted by molar-refractivity contribution is -0.145. The van der Waals surface area contributed by atoms with Crippen molar-refractivity contribution in [1.82, 2.24) is 5.32 Å². The smallest absolute Gasteiger partial charge is 0.328 e. The molecule has 0 amide bonds. The molecule has 18 heavy (non-hydrogen) atoms. The molecule has 0 bridgehead atoms. The predicted molar refractivity (Wildman–Crippen MR) is 73.4 cm³/mol. The van der Waals surface area contributed by atoms with Gasteiger partial charge in [0.2, 0.25) is 0 Å². The molecule has 1 heterocycles. The predicted octanol–water partition coefficient (Wildman–Crippen LogP) is 3.01. The van der Waals surface area contributed by atoms with Gasteiger partial charge in [-0.05, 0) is 40.5 Å². The molecule has 0 aromatic carbocycles. The zero-order chi connectivity index (χ0) is 13.4. The van der Waals surface area contributed by atoms with Gasteiger partial charge in [-0.15, -0.1) is 11.3 Å². The fourth-order valence-corrected chi connectivity index (χ4v) is 2.80.